The molecule has 1 N–H and O–H groups in total. The van der Waals surface area contributed by atoms with Crippen LogP contribution in [0.1, 0.15) is 28.8 Å². The Morgan fingerprint density at radius 3 is 2.32 bits per heavy atom. The highest BCUT2D eigenvalue weighted by Gasteiger charge is 2.24. The number of rotatable bonds is 6. The van der Waals surface area contributed by atoms with E-state index >= 15 is 0 Å². The van der Waals surface area contributed by atoms with Crippen LogP contribution in [0.15, 0.2) is 48.5 Å². The molecule has 0 spiro atoms. The van der Waals surface area contributed by atoms with Gasteiger partial charge in [0.05, 0.1) is 20.6 Å². The summed E-state index contributed by atoms with van der Waals surface area (Å²) in [4.78, 5) is 26.9. The maximum absolute atomic E-state index is 12.6. The summed E-state index contributed by atoms with van der Waals surface area (Å²) in [5.74, 6) is 1.45. The zero-order chi connectivity index (χ0) is 19.9. The van der Waals surface area contributed by atoms with Crippen molar-refractivity contribution in [3.8, 4) is 11.5 Å². The fraction of sp³-hybridized carbons (Fsp3) is 0.364. The van der Waals surface area contributed by atoms with Crippen molar-refractivity contribution in [3.05, 3.63) is 59.7 Å². The Bertz CT molecular complexity index is 812. The molecule has 0 bridgehead atoms. The molecule has 1 aliphatic heterocycles. The number of amides is 2. The molecule has 1 saturated heterocycles. The highest BCUT2D eigenvalue weighted by atomic mass is 16.5. The van der Waals surface area contributed by atoms with E-state index in [1.807, 2.05) is 29.2 Å². The normalized spacial score (nSPS) is 14.4. The van der Waals surface area contributed by atoms with Gasteiger partial charge in [-0.2, -0.15) is 0 Å². The molecule has 6 heteroatoms. The van der Waals surface area contributed by atoms with Gasteiger partial charge in [0.25, 0.3) is 5.91 Å². The predicted molar refractivity (Wildman–Crippen MR) is 107 cm³/mol. The third-order valence-corrected chi connectivity index (χ3v) is 5.07. The molecule has 2 aromatic carbocycles. The van der Waals surface area contributed by atoms with Gasteiger partial charge in [-0.15, -0.1) is 0 Å². The molecule has 2 aromatic rings. The van der Waals surface area contributed by atoms with E-state index in [0.717, 1.165) is 29.9 Å². The van der Waals surface area contributed by atoms with Gasteiger partial charge < -0.3 is 19.7 Å². The molecule has 0 aliphatic carbocycles. The van der Waals surface area contributed by atoms with Crippen LogP contribution in [0.5, 0.6) is 11.5 Å². The Labute approximate surface area is 165 Å². The second-order valence-corrected chi connectivity index (χ2v) is 6.85. The Morgan fingerprint density at radius 1 is 1.00 bits per heavy atom. The molecule has 6 nitrogen and oxygen atoms in total. The highest BCUT2D eigenvalue weighted by Crippen LogP contribution is 2.20. The molecule has 1 fully saturated rings. The largest absolute Gasteiger partial charge is 0.497 e. The average Bonchev–Trinajstić information content (AvgIpc) is 2.74. The van der Waals surface area contributed by atoms with E-state index < -0.39 is 0 Å². The number of carbonyl (C=O) groups excluding carboxylic acids is 2. The summed E-state index contributed by atoms with van der Waals surface area (Å²) in [6.45, 7) is 1.28. The van der Waals surface area contributed by atoms with E-state index in [9.17, 15) is 9.59 Å². The molecular formula is C22H26N2O4. The molecule has 0 aromatic heterocycles. The summed E-state index contributed by atoms with van der Waals surface area (Å²) >= 11 is 0. The van der Waals surface area contributed by atoms with Crippen LogP contribution in [0.25, 0.3) is 0 Å². The first kappa shape index (κ1) is 19.7. The minimum atomic E-state index is -0.0959. The van der Waals surface area contributed by atoms with Gasteiger partial charge in [-0.1, -0.05) is 18.2 Å². The second kappa shape index (κ2) is 9.26. The smallest absolute Gasteiger partial charge is 0.251 e. The maximum atomic E-state index is 12.6. The number of benzene rings is 2. The van der Waals surface area contributed by atoms with Crippen molar-refractivity contribution in [1.29, 1.82) is 0 Å². The zero-order valence-electron chi connectivity index (χ0n) is 16.3. The van der Waals surface area contributed by atoms with Gasteiger partial charge in [0.2, 0.25) is 5.91 Å². The van der Waals surface area contributed by atoms with Gasteiger partial charge in [-0.3, -0.25) is 9.59 Å². The second-order valence-electron chi connectivity index (χ2n) is 6.85. The first-order chi connectivity index (χ1) is 13.6. The van der Waals surface area contributed by atoms with Crippen LogP contribution in [-0.4, -0.2) is 50.1 Å². The first-order valence-electron chi connectivity index (χ1n) is 9.45. The van der Waals surface area contributed by atoms with E-state index in [-0.39, 0.29) is 17.9 Å². The van der Waals surface area contributed by atoms with Gasteiger partial charge in [0.1, 0.15) is 11.5 Å². The molecule has 3 rings (SSSR count). The van der Waals surface area contributed by atoms with Crippen molar-refractivity contribution in [3.63, 3.8) is 0 Å². The third-order valence-electron chi connectivity index (χ3n) is 5.07. The monoisotopic (exact) mass is 382 g/mol. The zero-order valence-corrected chi connectivity index (χ0v) is 16.3. The highest BCUT2D eigenvalue weighted by molar-refractivity contribution is 5.94. The third kappa shape index (κ3) is 4.82. The Morgan fingerprint density at radius 2 is 1.68 bits per heavy atom. The molecule has 0 unspecified atom stereocenters. The number of ether oxygens (including phenoxy) is 2. The molecule has 148 valence electrons. The van der Waals surface area contributed by atoms with Gasteiger partial charge in [-0.25, -0.2) is 0 Å². The maximum Gasteiger partial charge on any atom is 0.251 e. The Balaban J connectivity index is 1.49. The molecule has 2 amide bonds. The molecule has 28 heavy (non-hydrogen) atoms. The minimum absolute atomic E-state index is 0.0740. The Hall–Kier alpha value is -3.02. The van der Waals surface area contributed by atoms with Crippen LogP contribution >= 0.6 is 0 Å². The number of hydrogen-bond donors (Lipinski definition) is 1. The van der Waals surface area contributed by atoms with Crippen molar-refractivity contribution in [2.24, 2.45) is 0 Å². The van der Waals surface area contributed by atoms with Gasteiger partial charge in [0, 0.05) is 30.3 Å². The number of carbonyl (C=O) groups is 2. The predicted octanol–water partition coefficient (Wildman–Crippen LogP) is 2.67. The lowest BCUT2D eigenvalue weighted by molar-refractivity contribution is -0.131. The number of nitrogens with one attached hydrogen (secondary N) is 1. The molecular weight excluding hydrogens is 356 g/mol. The van der Waals surface area contributed by atoms with Crippen molar-refractivity contribution in [2.75, 3.05) is 27.3 Å². The average molecular weight is 382 g/mol. The standard InChI is InChI=1S/C22H26N2O4/c1-27-19-9-7-16(8-10-19)22(26)23-18-11-13-24(14-12-18)21(25)15-17-5-3-4-6-20(17)28-2/h3-10,18H,11-15H2,1-2H3,(H,23,26). The van der Waals surface area contributed by atoms with Crippen LogP contribution < -0.4 is 14.8 Å². The number of para-hydroxylation sites is 1. The minimum Gasteiger partial charge on any atom is -0.497 e. The van der Waals surface area contributed by atoms with Gasteiger partial charge in [-0.05, 0) is 43.2 Å². The molecule has 0 radical (unpaired) electrons. The van der Waals surface area contributed by atoms with Gasteiger partial charge >= 0.3 is 0 Å². The number of methoxy groups -OCH3 is 2. The summed E-state index contributed by atoms with van der Waals surface area (Å²) < 4.78 is 10.4. The summed E-state index contributed by atoms with van der Waals surface area (Å²) in [6.07, 6.45) is 1.83. The summed E-state index contributed by atoms with van der Waals surface area (Å²) in [5.41, 5.74) is 1.50. The fourth-order valence-corrected chi connectivity index (χ4v) is 3.41. The van der Waals surface area contributed by atoms with Crippen molar-refractivity contribution in [2.45, 2.75) is 25.3 Å². The van der Waals surface area contributed by atoms with Crippen LogP contribution in [0.4, 0.5) is 0 Å². The SMILES string of the molecule is COc1ccc(C(=O)NC2CCN(C(=O)Cc3ccccc3OC)CC2)cc1. The molecule has 0 atom stereocenters. The van der Waals surface area contributed by atoms with Gasteiger partial charge in [0.15, 0.2) is 0 Å². The van der Waals surface area contributed by atoms with Crippen molar-refractivity contribution >= 4 is 11.8 Å². The van der Waals surface area contributed by atoms with Crippen LogP contribution in [-0.2, 0) is 11.2 Å². The molecule has 0 saturated carbocycles. The Kier molecular flexibility index (Phi) is 6.53. The number of hydrogen-bond acceptors (Lipinski definition) is 4. The number of piperidine rings is 1. The van der Waals surface area contributed by atoms with Crippen LogP contribution in [0, 0.1) is 0 Å². The van der Waals surface area contributed by atoms with Crippen molar-refractivity contribution in [1.82, 2.24) is 10.2 Å². The van der Waals surface area contributed by atoms with E-state index in [0.29, 0.717) is 25.1 Å². The van der Waals surface area contributed by atoms with E-state index in [1.165, 1.54) is 0 Å². The van der Waals surface area contributed by atoms with E-state index in [1.54, 1.807) is 38.5 Å². The number of likely N-dealkylation sites (tertiary alicyclic amines) is 1. The first-order valence-corrected chi connectivity index (χ1v) is 9.45. The fourth-order valence-electron chi connectivity index (χ4n) is 3.41. The van der Waals surface area contributed by atoms with E-state index in [2.05, 4.69) is 5.32 Å². The van der Waals surface area contributed by atoms with E-state index in [4.69, 9.17) is 9.47 Å². The molecule has 1 heterocycles. The molecule has 1 aliphatic rings. The number of nitrogens with zero attached hydrogens (tertiary/aromatic N) is 1. The van der Waals surface area contributed by atoms with Crippen LogP contribution in [0.2, 0.25) is 0 Å². The lowest BCUT2D eigenvalue weighted by atomic mass is 10.0. The lowest BCUT2D eigenvalue weighted by Crippen LogP contribution is -2.47. The van der Waals surface area contributed by atoms with Crippen LogP contribution in [0.3, 0.4) is 0 Å². The lowest BCUT2D eigenvalue weighted by Gasteiger charge is -2.32. The quantitative estimate of drug-likeness (QED) is 0.834. The summed E-state index contributed by atoms with van der Waals surface area (Å²) in [6, 6.07) is 14.7. The summed E-state index contributed by atoms with van der Waals surface area (Å²) in [5, 5.41) is 3.06. The van der Waals surface area contributed by atoms with Crippen molar-refractivity contribution < 1.29 is 19.1 Å². The summed E-state index contributed by atoms with van der Waals surface area (Å²) in [7, 11) is 3.21. The topological polar surface area (TPSA) is 67.9 Å².